The van der Waals surface area contributed by atoms with Gasteiger partial charge in [-0.2, -0.15) is 0 Å². The number of nitrogens with one attached hydrogen (secondary N) is 2. The number of hydrogen-bond acceptors (Lipinski definition) is 3. The van der Waals surface area contributed by atoms with Crippen molar-refractivity contribution in [3.63, 3.8) is 0 Å². The van der Waals surface area contributed by atoms with Crippen molar-refractivity contribution in [2.24, 2.45) is 11.8 Å². The standard InChI is InChI=1S/C19H19N3O2/c23-18(14-8-3-1-4-9-14)21-16-12-7-13-20-17(16)22-19(24)15-10-5-2-6-11-15/h1-8,10,12-15H,9,11H2,(H,21,23)(H,20,22,24). The van der Waals surface area contributed by atoms with Crippen LogP contribution in [0.5, 0.6) is 0 Å². The van der Waals surface area contributed by atoms with Crippen LogP contribution in [-0.2, 0) is 9.59 Å². The van der Waals surface area contributed by atoms with E-state index in [1.54, 1.807) is 18.3 Å². The lowest BCUT2D eigenvalue weighted by molar-refractivity contribution is -0.119. The van der Waals surface area contributed by atoms with Gasteiger partial charge in [-0.25, -0.2) is 4.98 Å². The predicted octanol–water partition coefficient (Wildman–Crippen LogP) is 3.22. The van der Waals surface area contributed by atoms with Crippen LogP contribution in [0.25, 0.3) is 0 Å². The first kappa shape index (κ1) is 15.9. The molecule has 5 heteroatoms. The van der Waals surface area contributed by atoms with Crippen LogP contribution < -0.4 is 10.6 Å². The monoisotopic (exact) mass is 321 g/mol. The number of carbonyl (C=O) groups excluding carboxylic acids is 2. The second-order valence-electron chi connectivity index (χ2n) is 5.69. The maximum Gasteiger partial charge on any atom is 0.232 e. The zero-order valence-electron chi connectivity index (χ0n) is 13.2. The van der Waals surface area contributed by atoms with Crippen molar-refractivity contribution in [3.05, 3.63) is 66.9 Å². The summed E-state index contributed by atoms with van der Waals surface area (Å²) < 4.78 is 0. The first-order chi connectivity index (χ1) is 11.7. The van der Waals surface area contributed by atoms with E-state index in [9.17, 15) is 9.59 Å². The SMILES string of the molecule is O=C(Nc1cccnc1NC(=O)C1C=CC=CC1)C1C=CC=CC1. The Kier molecular flexibility index (Phi) is 5.01. The predicted molar refractivity (Wildman–Crippen MR) is 94.3 cm³/mol. The maximum atomic E-state index is 12.4. The smallest absolute Gasteiger partial charge is 0.232 e. The van der Waals surface area contributed by atoms with Crippen molar-refractivity contribution in [1.29, 1.82) is 0 Å². The Hall–Kier alpha value is -2.95. The molecule has 0 saturated heterocycles. The highest BCUT2D eigenvalue weighted by molar-refractivity contribution is 6.00. The van der Waals surface area contributed by atoms with Gasteiger partial charge < -0.3 is 10.6 Å². The van der Waals surface area contributed by atoms with Crippen LogP contribution in [0.15, 0.2) is 66.9 Å². The molecule has 2 aliphatic carbocycles. The third-order valence-corrected chi connectivity index (χ3v) is 3.94. The Bertz CT molecular complexity index is 684. The van der Waals surface area contributed by atoms with Crippen molar-refractivity contribution < 1.29 is 9.59 Å². The Balaban J connectivity index is 1.68. The average Bonchev–Trinajstić information content (AvgIpc) is 2.64. The van der Waals surface area contributed by atoms with Crippen LogP contribution in [0, 0.1) is 11.8 Å². The number of anilines is 2. The van der Waals surface area contributed by atoms with Crippen molar-refractivity contribution >= 4 is 23.3 Å². The molecule has 0 fully saturated rings. The van der Waals surface area contributed by atoms with Crippen LogP contribution in [0.1, 0.15) is 12.8 Å². The summed E-state index contributed by atoms with van der Waals surface area (Å²) >= 11 is 0. The highest BCUT2D eigenvalue weighted by Gasteiger charge is 2.20. The molecule has 3 rings (SSSR count). The van der Waals surface area contributed by atoms with Crippen LogP contribution in [0.3, 0.4) is 0 Å². The molecule has 2 unspecified atom stereocenters. The maximum absolute atomic E-state index is 12.4. The summed E-state index contributed by atoms with van der Waals surface area (Å²) in [4.78, 5) is 28.9. The largest absolute Gasteiger partial charge is 0.322 e. The van der Waals surface area contributed by atoms with E-state index in [4.69, 9.17) is 0 Å². The first-order valence-electron chi connectivity index (χ1n) is 7.97. The molecule has 2 aliphatic rings. The summed E-state index contributed by atoms with van der Waals surface area (Å²) in [7, 11) is 0. The van der Waals surface area contributed by atoms with Gasteiger partial charge in [0.15, 0.2) is 5.82 Å². The molecule has 5 nitrogen and oxygen atoms in total. The summed E-state index contributed by atoms with van der Waals surface area (Å²) in [5.74, 6) is -0.295. The Morgan fingerprint density at radius 3 is 2.12 bits per heavy atom. The summed E-state index contributed by atoms with van der Waals surface area (Å²) in [6.07, 6.45) is 18.1. The summed E-state index contributed by atoms with van der Waals surface area (Å²) in [6.45, 7) is 0. The van der Waals surface area contributed by atoms with Gasteiger partial charge in [0, 0.05) is 6.20 Å². The number of hydrogen-bond donors (Lipinski definition) is 2. The van der Waals surface area contributed by atoms with Crippen molar-refractivity contribution in [1.82, 2.24) is 4.98 Å². The van der Waals surface area contributed by atoms with Crippen molar-refractivity contribution in [3.8, 4) is 0 Å². The van der Waals surface area contributed by atoms with E-state index in [1.807, 2.05) is 48.6 Å². The van der Waals surface area contributed by atoms with Gasteiger partial charge in [-0.3, -0.25) is 9.59 Å². The average molecular weight is 321 g/mol. The number of carbonyl (C=O) groups is 2. The lowest BCUT2D eigenvalue weighted by Gasteiger charge is -2.17. The molecule has 1 aromatic heterocycles. The molecule has 2 amide bonds. The fourth-order valence-corrected chi connectivity index (χ4v) is 2.59. The zero-order chi connectivity index (χ0) is 16.8. The van der Waals surface area contributed by atoms with E-state index in [0.29, 0.717) is 24.3 Å². The molecule has 0 bridgehead atoms. The van der Waals surface area contributed by atoms with Gasteiger partial charge in [-0.1, -0.05) is 48.6 Å². The Morgan fingerprint density at radius 2 is 1.54 bits per heavy atom. The van der Waals surface area contributed by atoms with E-state index in [-0.39, 0.29) is 23.7 Å². The van der Waals surface area contributed by atoms with E-state index >= 15 is 0 Å². The topological polar surface area (TPSA) is 71.1 Å². The first-order valence-corrected chi connectivity index (χ1v) is 7.97. The molecule has 122 valence electrons. The minimum atomic E-state index is -0.216. The van der Waals surface area contributed by atoms with Gasteiger partial charge in [0.2, 0.25) is 11.8 Å². The number of nitrogens with zero attached hydrogens (tertiary/aromatic N) is 1. The Labute approximate surface area is 140 Å². The van der Waals surface area contributed by atoms with E-state index < -0.39 is 0 Å². The second-order valence-corrected chi connectivity index (χ2v) is 5.69. The third-order valence-electron chi connectivity index (χ3n) is 3.94. The molecule has 1 heterocycles. The summed E-state index contributed by atoms with van der Waals surface area (Å²) in [6, 6.07) is 3.46. The third kappa shape index (κ3) is 3.87. The van der Waals surface area contributed by atoms with E-state index in [2.05, 4.69) is 15.6 Å². The fraction of sp³-hybridized carbons (Fsp3) is 0.211. The lowest BCUT2D eigenvalue weighted by atomic mass is 10.00. The van der Waals surface area contributed by atoms with Crippen molar-refractivity contribution in [2.75, 3.05) is 10.6 Å². The highest BCUT2D eigenvalue weighted by atomic mass is 16.2. The molecule has 1 aromatic rings. The minimum absolute atomic E-state index is 0.111. The molecule has 0 radical (unpaired) electrons. The minimum Gasteiger partial charge on any atom is -0.322 e. The molecular weight excluding hydrogens is 302 g/mol. The number of pyridine rings is 1. The second kappa shape index (κ2) is 7.55. The Morgan fingerprint density at radius 1 is 0.917 bits per heavy atom. The van der Waals surface area contributed by atoms with Gasteiger partial charge in [0.25, 0.3) is 0 Å². The van der Waals surface area contributed by atoms with Crippen LogP contribution >= 0.6 is 0 Å². The highest BCUT2D eigenvalue weighted by Crippen LogP contribution is 2.22. The lowest BCUT2D eigenvalue weighted by Crippen LogP contribution is -2.25. The zero-order valence-corrected chi connectivity index (χ0v) is 13.2. The summed E-state index contributed by atoms with van der Waals surface area (Å²) in [5.41, 5.74) is 0.508. The van der Waals surface area contributed by atoms with Gasteiger partial charge >= 0.3 is 0 Å². The van der Waals surface area contributed by atoms with Crippen LogP contribution in [0.4, 0.5) is 11.5 Å². The van der Waals surface area contributed by atoms with Crippen molar-refractivity contribution in [2.45, 2.75) is 12.8 Å². The van der Waals surface area contributed by atoms with E-state index in [0.717, 1.165) is 0 Å². The molecule has 2 atom stereocenters. The van der Waals surface area contributed by atoms with Crippen LogP contribution in [-0.4, -0.2) is 16.8 Å². The fourth-order valence-electron chi connectivity index (χ4n) is 2.59. The normalized spacial score (nSPS) is 21.5. The molecule has 0 spiro atoms. The van der Waals surface area contributed by atoms with Crippen LogP contribution in [0.2, 0.25) is 0 Å². The summed E-state index contributed by atoms with van der Waals surface area (Å²) in [5, 5.41) is 5.66. The van der Waals surface area contributed by atoms with Gasteiger partial charge in [0.1, 0.15) is 0 Å². The molecule has 24 heavy (non-hydrogen) atoms. The number of rotatable bonds is 4. The number of aromatic nitrogens is 1. The quantitative estimate of drug-likeness (QED) is 0.894. The molecule has 0 aromatic carbocycles. The molecule has 0 saturated carbocycles. The molecular formula is C19H19N3O2. The number of amides is 2. The number of allylic oxidation sites excluding steroid dienone is 6. The van der Waals surface area contributed by atoms with Gasteiger partial charge in [-0.05, 0) is 25.0 Å². The molecule has 2 N–H and O–H groups in total. The van der Waals surface area contributed by atoms with Gasteiger partial charge in [-0.15, -0.1) is 0 Å². The van der Waals surface area contributed by atoms with E-state index in [1.165, 1.54) is 0 Å². The van der Waals surface area contributed by atoms with Gasteiger partial charge in [0.05, 0.1) is 17.5 Å². The molecule has 0 aliphatic heterocycles.